The lowest BCUT2D eigenvalue weighted by atomic mass is 10.0. The molecule has 2 aromatic carbocycles. The van der Waals surface area contributed by atoms with Gasteiger partial charge in [-0.15, -0.1) is 0 Å². The maximum Gasteiger partial charge on any atom is 0.408 e. The van der Waals surface area contributed by atoms with Crippen LogP contribution in [-0.4, -0.2) is 58.9 Å². The second-order valence-corrected chi connectivity index (χ2v) is 8.69. The van der Waals surface area contributed by atoms with Crippen LogP contribution < -0.4 is 16.0 Å². The van der Waals surface area contributed by atoms with E-state index in [-0.39, 0.29) is 31.0 Å². The number of nitrogens with one attached hydrogen (secondary N) is 3. The third-order valence-corrected chi connectivity index (χ3v) is 5.57. The van der Waals surface area contributed by atoms with E-state index in [1.807, 2.05) is 24.3 Å². The van der Waals surface area contributed by atoms with Gasteiger partial charge in [0.1, 0.15) is 36.5 Å². The molecule has 4 N–H and O–H groups in total. The van der Waals surface area contributed by atoms with Gasteiger partial charge in [-0.05, 0) is 11.1 Å². The molecule has 0 fully saturated rings. The van der Waals surface area contributed by atoms with Crippen LogP contribution >= 0.6 is 11.6 Å². The van der Waals surface area contributed by atoms with E-state index in [1.54, 1.807) is 36.4 Å². The van der Waals surface area contributed by atoms with E-state index in [1.165, 1.54) is 0 Å². The summed E-state index contributed by atoms with van der Waals surface area (Å²) in [4.78, 5) is 54.6. The number of rotatable bonds is 12. The molecule has 0 radical (unpaired) electrons. The normalized spacial score (nSPS) is 15.9. The van der Waals surface area contributed by atoms with Crippen LogP contribution in [0.5, 0.6) is 0 Å². The molecule has 0 saturated heterocycles. The molecule has 1 heterocycles. The summed E-state index contributed by atoms with van der Waals surface area (Å²) in [6.45, 7) is -0.627. The first-order valence-corrected chi connectivity index (χ1v) is 11.9. The fourth-order valence-electron chi connectivity index (χ4n) is 3.54. The molecule has 3 atom stereocenters. The highest BCUT2D eigenvalue weighted by atomic mass is 35.5. The number of ether oxygens (including phenoxy) is 1. The summed E-state index contributed by atoms with van der Waals surface area (Å²) in [6, 6.07) is 15.8. The summed E-state index contributed by atoms with van der Waals surface area (Å²) < 4.78 is 5.26. The Bertz CT molecular complexity index is 1110. The molecular formula is C25H27ClN4O7. The van der Waals surface area contributed by atoms with Crippen molar-refractivity contribution in [3.8, 4) is 0 Å². The van der Waals surface area contributed by atoms with Gasteiger partial charge in [0.15, 0.2) is 0 Å². The van der Waals surface area contributed by atoms with Gasteiger partial charge in [-0.1, -0.05) is 77.4 Å². The molecule has 37 heavy (non-hydrogen) atoms. The highest BCUT2D eigenvalue weighted by Gasteiger charge is 2.32. The summed E-state index contributed by atoms with van der Waals surface area (Å²) >= 11 is 5.85. The smallest absolute Gasteiger partial charge is 0.408 e. The molecular weight excluding hydrogens is 504 g/mol. The first-order chi connectivity index (χ1) is 17.8. The fourth-order valence-corrected chi connectivity index (χ4v) is 3.75. The van der Waals surface area contributed by atoms with E-state index in [0.29, 0.717) is 0 Å². The van der Waals surface area contributed by atoms with Crippen molar-refractivity contribution in [1.82, 2.24) is 16.0 Å². The van der Waals surface area contributed by atoms with E-state index in [0.717, 1.165) is 11.1 Å². The monoisotopic (exact) mass is 530 g/mol. The topological polar surface area (TPSA) is 155 Å². The highest BCUT2D eigenvalue weighted by Crippen LogP contribution is 2.18. The first-order valence-electron chi connectivity index (χ1n) is 11.5. The molecule has 1 unspecified atom stereocenters. The summed E-state index contributed by atoms with van der Waals surface area (Å²) in [5, 5.41) is 20.1. The molecule has 0 aliphatic carbocycles. The van der Waals surface area contributed by atoms with Crippen molar-refractivity contribution >= 4 is 40.6 Å². The minimum atomic E-state index is -1.24. The van der Waals surface area contributed by atoms with E-state index in [9.17, 15) is 19.2 Å². The number of nitrogens with zero attached hydrogens (tertiary/aromatic N) is 1. The van der Waals surface area contributed by atoms with E-state index < -0.39 is 48.6 Å². The predicted molar refractivity (Wildman–Crippen MR) is 134 cm³/mol. The van der Waals surface area contributed by atoms with Gasteiger partial charge in [-0.2, -0.15) is 0 Å². The lowest BCUT2D eigenvalue weighted by molar-refractivity contribution is -0.138. The second-order valence-electron chi connectivity index (χ2n) is 8.26. The summed E-state index contributed by atoms with van der Waals surface area (Å²) in [6.07, 6.45) is -1.08. The Kier molecular flexibility index (Phi) is 10.3. The number of carboxylic acid groups (broad SMARTS) is 1. The zero-order valence-corrected chi connectivity index (χ0v) is 20.5. The lowest BCUT2D eigenvalue weighted by Gasteiger charge is -2.24. The minimum absolute atomic E-state index is 0.00630. The standard InChI is InChI=1S/C25H27ClN4O7/c26-21-13-18(37-30-21)12-20(23(33)27-14-22(31)32)28-24(34)19(11-16-7-3-1-4-8-16)29-25(35)36-15-17-9-5-2-6-10-17/h1-10,18-20H,11-15H2,(H,27,33)(H,28,34)(H,29,35)(H,31,32)/t18?,19-,20-/m0/s1. The lowest BCUT2D eigenvalue weighted by Crippen LogP contribution is -2.55. The van der Waals surface area contributed by atoms with Crippen LogP contribution in [0.4, 0.5) is 4.79 Å². The molecule has 196 valence electrons. The van der Waals surface area contributed by atoms with E-state index in [2.05, 4.69) is 21.1 Å². The number of alkyl carbamates (subject to hydrolysis) is 1. The number of carbonyl (C=O) groups is 4. The van der Waals surface area contributed by atoms with Crippen molar-refractivity contribution in [2.24, 2.45) is 5.16 Å². The molecule has 3 amide bonds. The number of hydrogen-bond acceptors (Lipinski definition) is 7. The number of aliphatic carboxylic acids is 1. The van der Waals surface area contributed by atoms with Crippen LogP contribution in [0.25, 0.3) is 0 Å². The Morgan fingerprint density at radius 3 is 2.22 bits per heavy atom. The van der Waals surface area contributed by atoms with Crippen molar-refractivity contribution in [2.45, 2.75) is 44.1 Å². The van der Waals surface area contributed by atoms with Crippen molar-refractivity contribution in [3.63, 3.8) is 0 Å². The van der Waals surface area contributed by atoms with Crippen LogP contribution in [0, 0.1) is 0 Å². The quantitative estimate of drug-likeness (QED) is 0.327. The molecule has 1 aliphatic heterocycles. The van der Waals surface area contributed by atoms with Gasteiger partial charge in [-0.3, -0.25) is 14.4 Å². The molecule has 3 rings (SSSR count). The van der Waals surface area contributed by atoms with Gasteiger partial charge < -0.3 is 30.6 Å². The SMILES string of the molecule is O=C(O)CNC(=O)[C@H](CC1CC(Cl)=NO1)NC(=O)[C@H](Cc1ccccc1)NC(=O)OCc1ccccc1. The molecule has 0 aromatic heterocycles. The van der Waals surface area contributed by atoms with Crippen molar-refractivity contribution < 1.29 is 33.9 Å². The maximum absolute atomic E-state index is 13.3. The molecule has 1 aliphatic rings. The van der Waals surface area contributed by atoms with Crippen LogP contribution in [0.3, 0.4) is 0 Å². The third-order valence-electron chi connectivity index (χ3n) is 5.35. The van der Waals surface area contributed by atoms with Gasteiger partial charge in [-0.25, -0.2) is 4.79 Å². The van der Waals surface area contributed by atoms with Crippen LogP contribution in [-0.2, 0) is 37.0 Å². The summed E-state index contributed by atoms with van der Waals surface area (Å²) in [5.74, 6) is -2.64. The number of carboxylic acids is 1. The molecule has 11 nitrogen and oxygen atoms in total. The average Bonchev–Trinajstić information content (AvgIpc) is 3.30. The van der Waals surface area contributed by atoms with Gasteiger partial charge in [0, 0.05) is 19.3 Å². The Morgan fingerprint density at radius 1 is 0.973 bits per heavy atom. The number of amides is 3. The number of oxime groups is 1. The Labute approximate surface area is 218 Å². The Hall–Kier alpha value is -4.12. The van der Waals surface area contributed by atoms with Gasteiger partial charge in [0.25, 0.3) is 0 Å². The zero-order valence-electron chi connectivity index (χ0n) is 19.8. The third kappa shape index (κ3) is 9.45. The molecule has 0 bridgehead atoms. The fraction of sp³-hybridized carbons (Fsp3) is 0.320. The van der Waals surface area contributed by atoms with Crippen LogP contribution in [0.2, 0.25) is 0 Å². The van der Waals surface area contributed by atoms with Crippen molar-refractivity contribution in [2.75, 3.05) is 6.54 Å². The Balaban J connectivity index is 1.70. The molecule has 2 aromatic rings. The number of carbonyl (C=O) groups excluding carboxylic acids is 3. The van der Waals surface area contributed by atoms with Gasteiger partial charge >= 0.3 is 12.1 Å². The first kappa shape index (κ1) is 27.5. The zero-order chi connectivity index (χ0) is 26.6. The van der Waals surface area contributed by atoms with Gasteiger partial charge in [0.05, 0.1) is 0 Å². The van der Waals surface area contributed by atoms with E-state index >= 15 is 0 Å². The van der Waals surface area contributed by atoms with Gasteiger partial charge in [0.2, 0.25) is 11.8 Å². The van der Waals surface area contributed by atoms with Crippen LogP contribution in [0.15, 0.2) is 65.8 Å². The highest BCUT2D eigenvalue weighted by molar-refractivity contribution is 6.65. The summed E-state index contributed by atoms with van der Waals surface area (Å²) in [5.41, 5.74) is 1.53. The number of hydrogen-bond donors (Lipinski definition) is 4. The molecule has 0 spiro atoms. The van der Waals surface area contributed by atoms with Crippen molar-refractivity contribution in [1.29, 1.82) is 0 Å². The average molecular weight is 531 g/mol. The summed E-state index contributed by atoms with van der Waals surface area (Å²) in [7, 11) is 0. The molecule has 0 saturated carbocycles. The van der Waals surface area contributed by atoms with Crippen molar-refractivity contribution in [3.05, 3.63) is 71.8 Å². The minimum Gasteiger partial charge on any atom is -0.480 e. The predicted octanol–water partition coefficient (Wildman–Crippen LogP) is 1.94. The second kappa shape index (κ2) is 13.8. The largest absolute Gasteiger partial charge is 0.480 e. The van der Waals surface area contributed by atoms with E-state index in [4.69, 9.17) is 26.3 Å². The molecule has 12 heteroatoms. The Morgan fingerprint density at radius 2 is 1.62 bits per heavy atom. The maximum atomic E-state index is 13.3. The number of benzene rings is 2. The van der Waals surface area contributed by atoms with Crippen LogP contribution in [0.1, 0.15) is 24.0 Å². The number of halogens is 1.